The summed E-state index contributed by atoms with van der Waals surface area (Å²) in [4.78, 5) is 4.04. The molecule has 0 spiro atoms. The number of halogens is 1. The smallest absolute Gasteiger partial charge is 0.169 e. The fourth-order valence-corrected chi connectivity index (χ4v) is 1.46. The van der Waals surface area contributed by atoms with Gasteiger partial charge in [0.2, 0.25) is 0 Å². The summed E-state index contributed by atoms with van der Waals surface area (Å²) in [7, 11) is 0. The van der Waals surface area contributed by atoms with Gasteiger partial charge in [0, 0.05) is 23.8 Å². The molecule has 1 aromatic heterocycles. The lowest BCUT2D eigenvalue weighted by Gasteiger charge is -2.22. The molecule has 0 bridgehead atoms. The highest BCUT2D eigenvalue weighted by atomic mass is 19.1. The molecule has 1 heterocycles. The Morgan fingerprint density at radius 3 is 2.65 bits per heavy atom. The summed E-state index contributed by atoms with van der Waals surface area (Å²) in [5.41, 5.74) is 0.462. The van der Waals surface area contributed by atoms with Gasteiger partial charge in [-0.3, -0.25) is 0 Å². The molecular formula is C13H22FN3. The Balaban J connectivity index is 2.76. The summed E-state index contributed by atoms with van der Waals surface area (Å²) in [5, 5.41) is 6.25. The number of nitrogens with one attached hydrogen (secondary N) is 2. The van der Waals surface area contributed by atoms with Crippen LogP contribution in [-0.4, -0.2) is 17.1 Å². The van der Waals surface area contributed by atoms with E-state index in [0.29, 0.717) is 17.9 Å². The van der Waals surface area contributed by atoms with E-state index in [-0.39, 0.29) is 11.4 Å². The van der Waals surface area contributed by atoms with E-state index in [2.05, 4.69) is 22.5 Å². The normalized spacial score (nSPS) is 11.6. The first-order chi connectivity index (χ1) is 7.94. The molecule has 0 aromatic carbocycles. The largest absolute Gasteiger partial charge is 0.363 e. The van der Waals surface area contributed by atoms with Crippen molar-refractivity contribution in [2.24, 2.45) is 0 Å². The number of anilines is 1. The second-order valence-corrected chi connectivity index (χ2v) is 5.18. The van der Waals surface area contributed by atoms with E-state index in [0.717, 1.165) is 13.0 Å². The van der Waals surface area contributed by atoms with Crippen molar-refractivity contribution in [1.29, 1.82) is 0 Å². The van der Waals surface area contributed by atoms with Crippen LogP contribution in [0, 0.1) is 5.82 Å². The van der Waals surface area contributed by atoms with Gasteiger partial charge < -0.3 is 10.6 Å². The average molecular weight is 239 g/mol. The summed E-state index contributed by atoms with van der Waals surface area (Å²) in [5.74, 6) is 0.0688. The van der Waals surface area contributed by atoms with Gasteiger partial charge in [0.15, 0.2) is 11.6 Å². The van der Waals surface area contributed by atoms with E-state index in [1.54, 1.807) is 12.3 Å². The van der Waals surface area contributed by atoms with Gasteiger partial charge in [-0.25, -0.2) is 9.37 Å². The van der Waals surface area contributed by atoms with Gasteiger partial charge in [-0.05, 0) is 39.8 Å². The molecule has 96 valence electrons. The first-order valence-electron chi connectivity index (χ1n) is 6.06. The van der Waals surface area contributed by atoms with Gasteiger partial charge in [0.25, 0.3) is 0 Å². The molecule has 1 aromatic rings. The van der Waals surface area contributed by atoms with Crippen LogP contribution in [0.4, 0.5) is 10.2 Å². The number of aromatic nitrogens is 1. The van der Waals surface area contributed by atoms with Gasteiger partial charge >= 0.3 is 0 Å². The second-order valence-electron chi connectivity index (χ2n) is 5.18. The molecule has 0 aliphatic carbocycles. The van der Waals surface area contributed by atoms with Crippen LogP contribution in [-0.2, 0) is 6.54 Å². The number of rotatable bonds is 5. The molecule has 0 saturated carbocycles. The van der Waals surface area contributed by atoms with Crippen LogP contribution in [0.3, 0.4) is 0 Å². The average Bonchev–Trinajstić information content (AvgIpc) is 2.22. The minimum atomic E-state index is -0.258. The highest BCUT2D eigenvalue weighted by Crippen LogP contribution is 2.18. The Bertz CT molecular complexity index is 358. The van der Waals surface area contributed by atoms with E-state index in [1.165, 1.54) is 0 Å². The van der Waals surface area contributed by atoms with Crippen molar-refractivity contribution < 1.29 is 4.39 Å². The zero-order chi connectivity index (χ0) is 12.9. The van der Waals surface area contributed by atoms with E-state index in [9.17, 15) is 4.39 Å². The molecule has 0 aliphatic rings. The van der Waals surface area contributed by atoms with Gasteiger partial charge in [0.05, 0.1) is 0 Å². The van der Waals surface area contributed by atoms with E-state index in [4.69, 9.17) is 0 Å². The molecule has 0 fully saturated rings. The van der Waals surface area contributed by atoms with Crippen molar-refractivity contribution in [2.45, 2.75) is 46.2 Å². The fourth-order valence-electron chi connectivity index (χ4n) is 1.46. The molecule has 0 aliphatic heterocycles. The third-order valence-corrected chi connectivity index (χ3v) is 2.20. The number of pyridine rings is 1. The van der Waals surface area contributed by atoms with Gasteiger partial charge in [-0.2, -0.15) is 0 Å². The molecule has 2 N–H and O–H groups in total. The number of hydrogen-bond acceptors (Lipinski definition) is 3. The number of hydrogen-bond donors (Lipinski definition) is 2. The minimum absolute atomic E-state index is 0.191. The maximum absolute atomic E-state index is 14.1. The number of nitrogens with zero attached hydrogens (tertiary/aromatic N) is 1. The summed E-state index contributed by atoms with van der Waals surface area (Å²) in [6.45, 7) is 9.47. The second kappa shape index (κ2) is 5.96. The molecular weight excluding hydrogens is 217 g/mol. The summed E-state index contributed by atoms with van der Waals surface area (Å²) >= 11 is 0. The molecule has 0 saturated heterocycles. The van der Waals surface area contributed by atoms with Crippen molar-refractivity contribution in [3.05, 3.63) is 23.6 Å². The molecule has 0 amide bonds. The van der Waals surface area contributed by atoms with Crippen LogP contribution >= 0.6 is 0 Å². The van der Waals surface area contributed by atoms with E-state index >= 15 is 0 Å². The zero-order valence-corrected chi connectivity index (χ0v) is 11.1. The third-order valence-electron chi connectivity index (χ3n) is 2.20. The van der Waals surface area contributed by atoms with Gasteiger partial charge in [0.1, 0.15) is 0 Å². The maximum atomic E-state index is 14.1. The molecule has 0 atom stereocenters. The summed E-state index contributed by atoms with van der Waals surface area (Å²) in [6.07, 6.45) is 2.68. The maximum Gasteiger partial charge on any atom is 0.169 e. The van der Waals surface area contributed by atoms with Crippen LogP contribution < -0.4 is 10.6 Å². The lowest BCUT2D eigenvalue weighted by Crippen LogP contribution is -2.27. The Morgan fingerprint density at radius 2 is 2.06 bits per heavy atom. The van der Waals surface area contributed by atoms with Crippen LogP contribution in [0.1, 0.15) is 39.7 Å². The molecule has 4 heteroatoms. The van der Waals surface area contributed by atoms with Crippen LogP contribution in [0.5, 0.6) is 0 Å². The van der Waals surface area contributed by atoms with E-state index < -0.39 is 0 Å². The first-order valence-corrected chi connectivity index (χ1v) is 6.06. The standard InChI is InChI=1S/C13H22FN3/c1-5-7-15-9-10-6-8-16-12(11(10)14)17-13(2,3)4/h6,8,15H,5,7,9H2,1-4H3,(H,16,17). The zero-order valence-electron chi connectivity index (χ0n) is 11.1. The van der Waals surface area contributed by atoms with Crippen LogP contribution in [0.15, 0.2) is 12.3 Å². The molecule has 17 heavy (non-hydrogen) atoms. The fraction of sp³-hybridized carbons (Fsp3) is 0.615. The first kappa shape index (κ1) is 13.9. The lowest BCUT2D eigenvalue weighted by molar-refractivity contribution is 0.567. The highest BCUT2D eigenvalue weighted by molar-refractivity contribution is 5.41. The summed E-state index contributed by atoms with van der Waals surface area (Å²) < 4.78 is 14.1. The van der Waals surface area contributed by atoms with Crippen molar-refractivity contribution >= 4 is 5.82 Å². The van der Waals surface area contributed by atoms with E-state index in [1.807, 2.05) is 20.8 Å². The summed E-state index contributed by atoms with van der Waals surface area (Å²) in [6, 6.07) is 1.71. The van der Waals surface area contributed by atoms with Crippen LogP contribution in [0.2, 0.25) is 0 Å². The monoisotopic (exact) mass is 239 g/mol. The minimum Gasteiger partial charge on any atom is -0.363 e. The predicted octanol–water partition coefficient (Wildman–Crippen LogP) is 2.93. The van der Waals surface area contributed by atoms with Crippen molar-refractivity contribution in [2.75, 3.05) is 11.9 Å². The lowest BCUT2D eigenvalue weighted by atomic mass is 10.1. The molecule has 3 nitrogen and oxygen atoms in total. The molecule has 0 radical (unpaired) electrons. The van der Waals surface area contributed by atoms with Crippen molar-refractivity contribution in [3.8, 4) is 0 Å². The Kier molecular flexibility index (Phi) is 4.87. The van der Waals surface area contributed by atoms with Gasteiger partial charge in [-0.15, -0.1) is 0 Å². The van der Waals surface area contributed by atoms with Crippen molar-refractivity contribution in [1.82, 2.24) is 10.3 Å². The van der Waals surface area contributed by atoms with Crippen molar-refractivity contribution in [3.63, 3.8) is 0 Å². The Hall–Kier alpha value is -1.16. The Morgan fingerprint density at radius 1 is 1.35 bits per heavy atom. The van der Waals surface area contributed by atoms with Crippen LogP contribution in [0.25, 0.3) is 0 Å². The topological polar surface area (TPSA) is 37.0 Å². The Labute approximate surface area is 103 Å². The SMILES string of the molecule is CCCNCc1ccnc(NC(C)(C)C)c1F. The quantitative estimate of drug-likeness (QED) is 0.776. The van der Waals surface area contributed by atoms with Gasteiger partial charge in [-0.1, -0.05) is 6.92 Å². The highest BCUT2D eigenvalue weighted by Gasteiger charge is 2.15. The third kappa shape index (κ3) is 4.69. The predicted molar refractivity (Wildman–Crippen MR) is 69.6 cm³/mol. The molecule has 0 unspecified atom stereocenters. The molecule has 1 rings (SSSR count).